The van der Waals surface area contributed by atoms with Crippen LogP contribution in [0.3, 0.4) is 0 Å². The van der Waals surface area contributed by atoms with Gasteiger partial charge in [0.25, 0.3) is 0 Å². The second kappa shape index (κ2) is 9.70. The Morgan fingerprint density at radius 3 is 2.47 bits per heavy atom. The van der Waals surface area contributed by atoms with Gasteiger partial charge in [0.2, 0.25) is 5.91 Å². The molecule has 2 N–H and O–H groups in total. The molecular weight excluding hydrogens is 420 g/mol. The number of aromatic hydroxyl groups is 1. The first-order valence-corrected chi connectivity index (χ1v) is 11.4. The summed E-state index contributed by atoms with van der Waals surface area (Å²) in [5.41, 5.74) is 4.49. The summed E-state index contributed by atoms with van der Waals surface area (Å²) in [6, 6.07) is 22.8. The number of anilines is 1. The van der Waals surface area contributed by atoms with E-state index in [0.29, 0.717) is 16.5 Å². The highest BCUT2D eigenvalue weighted by Crippen LogP contribution is 2.32. The van der Waals surface area contributed by atoms with Gasteiger partial charge in [-0.25, -0.2) is 0 Å². The Labute approximate surface area is 191 Å². The number of thioether (sulfide) groups is 1. The van der Waals surface area contributed by atoms with E-state index in [1.807, 2.05) is 66.1 Å². The Hall–Kier alpha value is -3.58. The lowest BCUT2D eigenvalue weighted by Crippen LogP contribution is -2.15. The highest BCUT2D eigenvalue weighted by Gasteiger charge is 2.19. The molecule has 0 radical (unpaired) electrons. The number of hydrogen-bond acceptors (Lipinski definition) is 5. The standard InChI is InChI=1S/C25H24N4O2S/c1-3-18-8-4-6-10-21(18)26-23(31)16-32-25-28-27-24(20-9-5-7-11-22(20)30)29(25)19-14-12-17(2)13-15-19/h4-15,30H,3,16H2,1-2H3,(H,26,31). The Morgan fingerprint density at radius 2 is 1.72 bits per heavy atom. The zero-order valence-corrected chi connectivity index (χ0v) is 18.8. The maximum Gasteiger partial charge on any atom is 0.234 e. The molecule has 162 valence electrons. The number of para-hydroxylation sites is 2. The van der Waals surface area contributed by atoms with Gasteiger partial charge in [-0.05, 0) is 49.2 Å². The topological polar surface area (TPSA) is 80.0 Å². The van der Waals surface area contributed by atoms with E-state index in [0.717, 1.165) is 28.9 Å². The lowest BCUT2D eigenvalue weighted by molar-refractivity contribution is -0.113. The van der Waals surface area contributed by atoms with Crippen molar-refractivity contribution in [3.8, 4) is 22.8 Å². The van der Waals surface area contributed by atoms with Crippen LogP contribution in [0.15, 0.2) is 78.0 Å². The van der Waals surface area contributed by atoms with Crippen molar-refractivity contribution in [2.45, 2.75) is 25.4 Å². The zero-order chi connectivity index (χ0) is 22.5. The number of carbonyl (C=O) groups excluding carboxylic acids is 1. The van der Waals surface area contributed by atoms with Gasteiger partial charge >= 0.3 is 0 Å². The molecular formula is C25H24N4O2S. The van der Waals surface area contributed by atoms with Gasteiger partial charge in [0.15, 0.2) is 11.0 Å². The van der Waals surface area contributed by atoms with Gasteiger partial charge in [0.1, 0.15) is 5.75 Å². The van der Waals surface area contributed by atoms with Crippen LogP contribution >= 0.6 is 11.8 Å². The number of carbonyl (C=O) groups is 1. The molecule has 0 aliphatic heterocycles. The van der Waals surface area contributed by atoms with Gasteiger partial charge in [-0.3, -0.25) is 9.36 Å². The summed E-state index contributed by atoms with van der Waals surface area (Å²) in [5, 5.41) is 22.6. The van der Waals surface area contributed by atoms with E-state index in [9.17, 15) is 9.90 Å². The summed E-state index contributed by atoms with van der Waals surface area (Å²) in [6.45, 7) is 4.08. The van der Waals surface area contributed by atoms with E-state index in [-0.39, 0.29) is 17.4 Å². The highest BCUT2D eigenvalue weighted by molar-refractivity contribution is 7.99. The van der Waals surface area contributed by atoms with Crippen LogP contribution in [0, 0.1) is 6.92 Å². The number of phenols is 1. The molecule has 0 saturated carbocycles. The quantitative estimate of drug-likeness (QED) is 0.381. The summed E-state index contributed by atoms with van der Waals surface area (Å²) >= 11 is 1.30. The molecule has 0 aliphatic rings. The Kier molecular flexibility index (Phi) is 6.56. The number of aromatic nitrogens is 3. The minimum atomic E-state index is -0.113. The number of hydrogen-bond donors (Lipinski definition) is 2. The van der Waals surface area contributed by atoms with E-state index in [2.05, 4.69) is 22.4 Å². The van der Waals surface area contributed by atoms with E-state index in [4.69, 9.17) is 0 Å². The largest absolute Gasteiger partial charge is 0.507 e. The fourth-order valence-electron chi connectivity index (χ4n) is 3.39. The second-order valence-corrected chi connectivity index (χ2v) is 8.28. The second-order valence-electron chi connectivity index (χ2n) is 7.34. The van der Waals surface area contributed by atoms with Gasteiger partial charge in [0.05, 0.1) is 11.3 Å². The minimum Gasteiger partial charge on any atom is -0.507 e. The minimum absolute atomic E-state index is 0.113. The molecule has 0 unspecified atom stereocenters. The monoisotopic (exact) mass is 444 g/mol. The van der Waals surface area contributed by atoms with Gasteiger partial charge in [-0.15, -0.1) is 10.2 Å². The summed E-state index contributed by atoms with van der Waals surface area (Å²) in [5.74, 6) is 0.714. The van der Waals surface area contributed by atoms with Crippen molar-refractivity contribution in [1.29, 1.82) is 0 Å². The van der Waals surface area contributed by atoms with Crippen molar-refractivity contribution in [2.24, 2.45) is 0 Å². The molecule has 6 nitrogen and oxygen atoms in total. The number of aryl methyl sites for hydroxylation is 2. The molecule has 0 fully saturated rings. The first-order chi connectivity index (χ1) is 15.6. The summed E-state index contributed by atoms with van der Waals surface area (Å²) in [4.78, 5) is 12.6. The molecule has 4 rings (SSSR count). The first kappa shape index (κ1) is 21.6. The van der Waals surface area contributed by atoms with Crippen molar-refractivity contribution >= 4 is 23.4 Å². The molecule has 1 aromatic heterocycles. The number of rotatable bonds is 7. The normalized spacial score (nSPS) is 10.8. The third kappa shape index (κ3) is 4.68. The maximum absolute atomic E-state index is 12.6. The van der Waals surface area contributed by atoms with Crippen molar-refractivity contribution in [3.05, 3.63) is 83.9 Å². The van der Waals surface area contributed by atoms with Crippen LogP contribution in [0.2, 0.25) is 0 Å². The SMILES string of the molecule is CCc1ccccc1NC(=O)CSc1nnc(-c2ccccc2O)n1-c1ccc(C)cc1. The predicted molar refractivity (Wildman–Crippen MR) is 128 cm³/mol. The third-order valence-electron chi connectivity index (χ3n) is 5.08. The molecule has 1 amide bonds. The lowest BCUT2D eigenvalue weighted by atomic mass is 10.1. The molecule has 0 aliphatic carbocycles. The van der Waals surface area contributed by atoms with Gasteiger partial charge in [0, 0.05) is 11.4 Å². The number of amides is 1. The van der Waals surface area contributed by atoms with Gasteiger partial charge in [-0.2, -0.15) is 0 Å². The van der Waals surface area contributed by atoms with Crippen molar-refractivity contribution in [3.63, 3.8) is 0 Å². The number of benzene rings is 3. The Bertz CT molecular complexity index is 1230. The van der Waals surface area contributed by atoms with E-state index in [1.54, 1.807) is 18.2 Å². The molecule has 7 heteroatoms. The van der Waals surface area contributed by atoms with Crippen LogP contribution in [0.4, 0.5) is 5.69 Å². The van der Waals surface area contributed by atoms with Crippen molar-refractivity contribution in [2.75, 3.05) is 11.1 Å². The van der Waals surface area contributed by atoms with Gasteiger partial charge in [-0.1, -0.05) is 66.7 Å². The van der Waals surface area contributed by atoms with Crippen molar-refractivity contribution < 1.29 is 9.90 Å². The third-order valence-corrected chi connectivity index (χ3v) is 6.00. The van der Waals surface area contributed by atoms with Crippen molar-refractivity contribution in [1.82, 2.24) is 14.8 Å². The lowest BCUT2D eigenvalue weighted by Gasteiger charge is -2.12. The average molecular weight is 445 g/mol. The zero-order valence-electron chi connectivity index (χ0n) is 17.9. The van der Waals surface area contributed by atoms with Crippen LogP contribution < -0.4 is 5.32 Å². The molecule has 4 aromatic rings. The van der Waals surface area contributed by atoms with Crippen LogP contribution in [0.25, 0.3) is 17.1 Å². The summed E-state index contributed by atoms with van der Waals surface area (Å²) < 4.78 is 1.87. The highest BCUT2D eigenvalue weighted by atomic mass is 32.2. The number of nitrogens with zero attached hydrogens (tertiary/aromatic N) is 3. The van der Waals surface area contributed by atoms with Crippen LogP contribution in [-0.2, 0) is 11.2 Å². The fourth-order valence-corrected chi connectivity index (χ4v) is 4.15. The molecule has 32 heavy (non-hydrogen) atoms. The Balaban J connectivity index is 1.62. The van der Waals surface area contributed by atoms with E-state index in [1.165, 1.54) is 11.8 Å². The molecule has 0 spiro atoms. The summed E-state index contributed by atoms with van der Waals surface area (Å²) in [7, 11) is 0. The molecule has 1 heterocycles. The summed E-state index contributed by atoms with van der Waals surface area (Å²) in [6.07, 6.45) is 0.843. The van der Waals surface area contributed by atoms with E-state index < -0.39 is 0 Å². The van der Waals surface area contributed by atoms with Gasteiger partial charge < -0.3 is 10.4 Å². The average Bonchev–Trinajstić information content (AvgIpc) is 3.22. The first-order valence-electron chi connectivity index (χ1n) is 10.4. The predicted octanol–water partition coefficient (Wildman–Crippen LogP) is 5.24. The van der Waals surface area contributed by atoms with E-state index >= 15 is 0 Å². The smallest absolute Gasteiger partial charge is 0.234 e. The fraction of sp³-hybridized carbons (Fsp3) is 0.160. The number of phenolic OH excluding ortho intramolecular Hbond substituents is 1. The molecule has 3 aromatic carbocycles. The molecule has 0 atom stereocenters. The van der Waals surface area contributed by atoms with Crippen LogP contribution in [0.5, 0.6) is 5.75 Å². The molecule has 0 saturated heterocycles. The van der Waals surface area contributed by atoms with Crippen LogP contribution in [-0.4, -0.2) is 31.5 Å². The molecule has 0 bridgehead atoms. The number of nitrogens with one attached hydrogen (secondary N) is 1. The maximum atomic E-state index is 12.6. The van der Waals surface area contributed by atoms with Crippen LogP contribution in [0.1, 0.15) is 18.1 Å². The Morgan fingerprint density at radius 1 is 1.00 bits per heavy atom.